The molecule has 0 saturated carbocycles. The van der Waals surface area contributed by atoms with Crippen LogP contribution in [0, 0.1) is 0 Å². The third kappa shape index (κ3) is 3.35. The molecule has 2 nitrogen and oxygen atoms in total. The Kier molecular flexibility index (Phi) is 4.47. The molecule has 1 aliphatic rings. The molecule has 0 saturated heterocycles. The van der Waals surface area contributed by atoms with Crippen LogP contribution in [0.1, 0.15) is 24.5 Å². The SMILES string of the molecule is CC1(c2ccc(Cl)cc2)CC(c2ccc(Cl)cc2)=Nc2ccccc2N1. The number of aliphatic imine (C=N–C) groups is 1. The summed E-state index contributed by atoms with van der Waals surface area (Å²) in [5, 5.41) is 5.16. The van der Waals surface area contributed by atoms with Crippen molar-refractivity contribution in [2.45, 2.75) is 18.9 Å². The number of anilines is 1. The van der Waals surface area contributed by atoms with Crippen LogP contribution in [-0.4, -0.2) is 5.71 Å². The van der Waals surface area contributed by atoms with E-state index in [1.54, 1.807) is 0 Å². The topological polar surface area (TPSA) is 24.4 Å². The van der Waals surface area contributed by atoms with Crippen LogP contribution >= 0.6 is 23.2 Å². The van der Waals surface area contributed by atoms with Crippen LogP contribution in [0.4, 0.5) is 11.4 Å². The summed E-state index contributed by atoms with van der Waals surface area (Å²) in [6.07, 6.45) is 0.741. The Hall–Kier alpha value is -2.29. The van der Waals surface area contributed by atoms with Gasteiger partial charge in [0.2, 0.25) is 0 Å². The number of benzene rings is 3. The van der Waals surface area contributed by atoms with Gasteiger partial charge in [-0.25, -0.2) is 0 Å². The summed E-state index contributed by atoms with van der Waals surface area (Å²) < 4.78 is 0. The summed E-state index contributed by atoms with van der Waals surface area (Å²) in [6.45, 7) is 2.20. The number of rotatable bonds is 2. The van der Waals surface area contributed by atoms with Gasteiger partial charge in [0.1, 0.15) is 0 Å². The third-order valence-corrected chi connectivity index (χ3v) is 5.25. The van der Waals surface area contributed by atoms with Gasteiger partial charge in [-0.1, -0.05) is 59.6 Å². The first-order valence-corrected chi connectivity index (χ1v) is 9.26. The fourth-order valence-corrected chi connectivity index (χ4v) is 3.59. The van der Waals surface area contributed by atoms with E-state index in [1.807, 2.05) is 54.6 Å². The maximum atomic E-state index is 6.09. The number of hydrogen-bond donors (Lipinski definition) is 1. The number of para-hydroxylation sites is 2. The Balaban J connectivity index is 1.84. The molecule has 0 aromatic heterocycles. The minimum atomic E-state index is -0.310. The van der Waals surface area contributed by atoms with E-state index in [1.165, 1.54) is 5.56 Å². The van der Waals surface area contributed by atoms with Crippen LogP contribution in [0.25, 0.3) is 0 Å². The molecule has 1 atom stereocenters. The maximum absolute atomic E-state index is 6.09. The first-order valence-electron chi connectivity index (χ1n) is 8.50. The van der Waals surface area contributed by atoms with Crippen molar-refractivity contribution >= 4 is 40.3 Å². The molecule has 1 N–H and O–H groups in total. The van der Waals surface area contributed by atoms with Gasteiger partial charge in [-0.2, -0.15) is 0 Å². The summed E-state index contributed by atoms with van der Waals surface area (Å²) >= 11 is 12.2. The van der Waals surface area contributed by atoms with E-state index in [-0.39, 0.29) is 5.54 Å². The zero-order chi connectivity index (χ0) is 18.1. The number of fused-ring (bicyclic) bond motifs is 1. The lowest BCUT2D eigenvalue weighted by Gasteiger charge is -2.32. The van der Waals surface area contributed by atoms with Crippen LogP contribution in [0.3, 0.4) is 0 Å². The molecule has 4 rings (SSSR count). The highest BCUT2D eigenvalue weighted by molar-refractivity contribution is 6.31. The van der Waals surface area contributed by atoms with E-state index in [9.17, 15) is 0 Å². The molecule has 1 heterocycles. The molecule has 1 aliphatic heterocycles. The minimum Gasteiger partial charge on any atom is -0.374 e. The van der Waals surface area contributed by atoms with E-state index in [0.29, 0.717) is 0 Å². The largest absolute Gasteiger partial charge is 0.374 e. The quantitative estimate of drug-likeness (QED) is 0.516. The first-order chi connectivity index (χ1) is 12.5. The zero-order valence-corrected chi connectivity index (χ0v) is 15.9. The van der Waals surface area contributed by atoms with Gasteiger partial charge in [-0.05, 0) is 54.4 Å². The Morgan fingerprint density at radius 1 is 0.846 bits per heavy atom. The van der Waals surface area contributed by atoms with Crippen molar-refractivity contribution in [1.29, 1.82) is 0 Å². The summed E-state index contributed by atoms with van der Waals surface area (Å²) in [5.41, 5.74) is 4.92. The molecular weight excluding hydrogens is 363 g/mol. The Morgan fingerprint density at radius 2 is 1.46 bits per heavy atom. The highest BCUT2D eigenvalue weighted by atomic mass is 35.5. The second kappa shape index (κ2) is 6.79. The van der Waals surface area contributed by atoms with Crippen molar-refractivity contribution in [1.82, 2.24) is 0 Å². The Morgan fingerprint density at radius 3 is 2.15 bits per heavy atom. The molecule has 0 aliphatic carbocycles. The number of hydrogen-bond acceptors (Lipinski definition) is 2. The molecule has 0 spiro atoms. The van der Waals surface area contributed by atoms with E-state index < -0.39 is 0 Å². The number of nitrogens with zero attached hydrogens (tertiary/aromatic N) is 1. The fourth-order valence-electron chi connectivity index (χ4n) is 3.34. The standard InChI is InChI=1S/C22H18Cl2N2/c1-22(16-8-12-18(24)13-9-16)14-21(15-6-10-17(23)11-7-15)25-19-4-2-3-5-20(19)26-22/h2-13,26H,14H2,1H3. The van der Waals surface area contributed by atoms with Crippen molar-refractivity contribution in [2.75, 3.05) is 5.32 Å². The van der Waals surface area contributed by atoms with Crippen molar-refractivity contribution in [3.8, 4) is 0 Å². The molecular formula is C22H18Cl2N2. The normalized spacial score (nSPS) is 19.1. The van der Waals surface area contributed by atoms with Crippen molar-refractivity contribution in [3.63, 3.8) is 0 Å². The summed E-state index contributed by atoms with van der Waals surface area (Å²) in [6, 6.07) is 24.0. The molecule has 0 bridgehead atoms. The van der Waals surface area contributed by atoms with Gasteiger partial charge < -0.3 is 5.32 Å². The second-order valence-electron chi connectivity index (χ2n) is 6.72. The van der Waals surface area contributed by atoms with Crippen LogP contribution in [0.5, 0.6) is 0 Å². The summed E-state index contributed by atoms with van der Waals surface area (Å²) in [7, 11) is 0. The van der Waals surface area contributed by atoms with Gasteiger partial charge in [-0.3, -0.25) is 4.99 Å². The third-order valence-electron chi connectivity index (χ3n) is 4.75. The highest BCUT2D eigenvalue weighted by Crippen LogP contribution is 2.39. The van der Waals surface area contributed by atoms with Gasteiger partial charge in [0.15, 0.2) is 0 Å². The summed E-state index contributed by atoms with van der Waals surface area (Å²) in [5.74, 6) is 0. The predicted octanol–water partition coefficient (Wildman–Crippen LogP) is 6.85. The van der Waals surface area contributed by atoms with Crippen molar-refractivity contribution < 1.29 is 0 Å². The molecule has 1 unspecified atom stereocenters. The van der Waals surface area contributed by atoms with Gasteiger partial charge in [0.25, 0.3) is 0 Å². The smallest absolute Gasteiger partial charge is 0.0864 e. The lowest BCUT2D eigenvalue weighted by atomic mass is 9.85. The Labute approximate surface area is 163 Å². The first kappa shape index (κ1) is 17.1. The molecule has 0 radical (unpaired) electrons. The molecule has 3 aromatic carbocycles. The molecule has 3 aromatic rings. The van der Waals surface area contributed by atoms with E-state index in [0.717, 1.165) is 39.1 Å². The van der Waals surface area contributed by atoms with E-state index in [4.69, 9.17) is 28.2 Å². The fraction of sp³-hybridized carbons (Fsp3) is 0.136. The number of nitrogens with one attached hydrogen (secondary N) is 1. The van der Waals surface area contributed by atoms with Crippen LogP contribution in [0.2, 0.25) is 10.0 Å². The average molecular weight is 381 g/mol. The van der Waals surface area contributed by atoms with E-state index >= 15 is 0 Å². The minimum absolute atomic E-state index is 0.310. The van der Waals surface area contributed by atoms with Gasteiger partial charge in [-0.15, -0.1) is 0 Å². The van der Waals surface area contributed by atoms with Crippen LogP contribution in [-0.2, 0) is 5.54 Å². The lowest BCUT2D eigenvalue weighted by Crippen LogP contribution is -2.33. The monoisotopic (exact) mass is 380 g/mol. The zero-order valence-electron chi connectivity index (χ0n) is 14.3. The van der Waals surface area contributed by atoms with Crippen LogP contribution in [0.15, 0.2) is 77.8 Å². The maximum Gasteiger partial charge on any atom is 0.0864 e. The molecule has 26 heavy (non-hydrogen) atoms. The number of halogens is 2. The lowest BCUT2D eigenvalue weighted by molar-refractivity contribution is 0.571. The average Bonchev–Trinajstić information content (AvgIpc) is 2.79. The van der Waals surface area contributed by atoms with Crippen LogP contribution < -0.4 is 5.32 Å². The van der Waals surface area contributed by atoms with Crippen molar-refractivity contribution in [3.05, 3.63) is 94.0 Å². The molecule has 0 fully saturated rings. The highest BCUT2D eigenvalue weighted by Gasteiger charge is 2.31. The molecule has 0 amide bonds. The predicted molar refractivity (Wildman–Crippen MR) is 111 cm³/mol. The van der Waals surface area contributed by atoms with Gasteiger partial charge in [0.05, 0.1) is 22.6 Å². The van der Waals surface area contributed by atoms with Gasteiger partial charge in [0, 0.05) is 16.5 Å². The van der Waals surface area contributed by atoms with Crippen molar-refractivity contribution in [2.24, 2.45) is 4.99 Å². The van der Waals surface area contributed by atoms with E-state index in [2.05, 4.69) is 30.4 Å². The van der Waals surface area contributed by atoms with Gasteiger partial charge >= 0.3 is 0 Å². The second-order valence-corrected chi connectivity index (χ2v) is 7.60. The summed E-state index contributed by atoms with van der Waals surface area (Å²) in [4.78, 5) is 4.96. The molecule has 130 valence electrons. The Bertz CT molecular complexity index is 962. The molecule has 4 heteroatoms.